The zero-order valence-corrected chi connectivity index (χ0v) is 24.7. The Balaban J connectivity index is 0.000000208. The number of benzene rings is 3. The number of pyridine rings is 1. The molecule has 1 aliphatic heterocycles. The first-order valence-electron chi connectivity index (χ1n) is 12.8. The van der Waals surface area contributed by atoms with E-state index in [1.54, 1.807) is 42.2 Å². The minimum absolute atomic E-state index is 0.0523. The van der Waals surface area contributed by atoms with Gasteiger partial charge in [-0.2, -0.15) is 0 Å². The number of hydrogen-bond acceptors (Lipinski definition) is 6. The molecule has 222 valence electrons. The van der Waals surface area contributed by atoms with Gasteiger partial charge in [0.1, 0.15) is 22.8 Å². The van der Waals surface area contributed by atoms with Gasteiger partial charge in [0.2, 0.25) is 5.43 Å². The van der Waals surface area contributed by atoms with Crippen LogP contribution in [0.15, 0.2) is 53.5 Å². The molecule has 3 N–H and O–H groups in total. The molecule has 8 nitrogen and oxygen atoms in total. The number of anilines is 1. The van der Waals surface area contributed by atoms with Crippen molar-refractivity contribution in [2.75, 3.05) is 24.5 Å². The fourth-order valence-corrected chi connectivity index (χ4v) is 5.17. The van der Waals surface area contributed by atoms with Crippen molar-refractivity contribution in [2.45, 2.75) is 26.4 Å². The average molecular weight is 641 g/mol. The van der Waals surface area contributed by atoms with Crippen molar-refractivity contribution in [3.05, 3.63) is 91.2 Å². The maximum Gasteiger partial charge on any atom is 0.341 e. The fraction of sp³-hybridized carbons (Fsp3) is 0.241. The Bertz CT molecular complexity index is 1670. The second kappa shape index (κ2) is 13.2. The van der Waals surface area contributed by atoms with Crippen LogP contribution in [0.4, 0.5) is 14.5 Å². The van der Waals surface area contributed by atoms with Gasteiger partial charge in [-0.1, -0.05) is 34.8 Å². The highest BCUT2D eigenvalue weighted by Crippen LogP contribution is 2.37. The van der Waals surface area contributed by atoms with Crippen LogP contribution in [-0.2, 0) is 6.54 Å². The Morgan fingerprint density at radius 1 is 1.10 bits per heavy atom. The van der Waals surface area contributed by atoms with Gasteiger partial charge >= 0.3 is 5.97 Å². The molecule has 0 aliphatic carbocycles. The number of halogens is 5. The Hall–Kier alpha value is -3.57. The molecular formula is C29H26Cl3F2N3O5. The maximum atomic E-state index is 15.2. The molecule has 0 saturated carbocycles. The summed E-state index contributed by atoms with van der Waals surface area (Å²) in [5, 5.41) is 23.0. The Labute approximate surface area is 254 Å². The van der Waals surface area contributed by atoms with E-state index in [1.807, 2.05) is 6.92 Å². The van der Waals surface area contributed by atoms with E-state index in [9.17, 15) is 19.1 Å². The zero-order chi connectivity index (χ0) is 30.7. The normalized spacial score (nSPS) is 14.8. The summed E-state index contributed by atoms with van der Waals surface area (Å²) in [6.07, 6.45) is 1.11. The monoisotopic (exact) mass is 639 g/mol. The highest BCUT2D eigenvalue weighted by atomic mass is 35.5. The van der Waals surface area contributed by atoms with Crippen LogP contribution in [-0.4, -0.2) is 46.4 Å². The lowest BCUT2D eigenvalue weighted by molar-refractivity contribution is 0.0694. The van der Waals surface area contributed by atoms with Crippen molar-refractivity contribution in [1.29, 1.82) is 0 Å². The number of aromatic carboxylic acids is 1. The number of piperazine rings is 1. The van der Waals surface area contributed by atoms with E-state index in [0.717, 1.165) is 12.3 Å². The van der Waals surface area contributed by atoms with Crippen molar-refractivity contribution < 1.29 is 28.5 Å². The quantitative estimate of drug-likeness (QED) is 0.217. The van der Waals surface area contributed by atoms with Crippen LogP contribution < -0.4 is 20.4 Å². The lowest BCUT2D eigenvalue weighted by Crippen LogP contribution is -2.49. The molecule has 1 atom stereocenters. The number of phenolic OH excluding ortho intramolecular Hbond substituents is 1. The summed E-state index contributed by atoms with van der Waals surface area (Å²) < 4.78 is 36.6. The SMILES string of the molecule is CCn1cc(C(=O)O)c(=O)c2cc(F)c(N3CCNC(C)C3)c(F)c21.Oc1cc(Cl)ccc1Oc1ccc(Cl)cc1Cl. The number of carboxylic acid groups (broad SMARTS) is 1. The van der Waals surface area contributed by atoms with Crippen LogP contribution in [0.2, 0.25) is 15.1 Å². The van der Waals surface area contributed by atoms with Gasteiger partial charge in [-0.25, -0.2) is 13.6 Å². The Morgan fingerprint density at radius 3 is 2.36 bits per heavy atom. The third-order valence-corrected chi connectivity index (χ3v) is 7.29. The second-order valence-corrected chi connectivity index (χ2v) is 10.8. The predicted octanol–water partition coefficient (Wildman–Crippen LogP) is 6.94. The molecule has 1 aliphatic rings. The van der Waals surface area contributed by atoms with Crippen LogP contribution in [0, 0.1) is 11.6 Å². The topological polar surface area (TPSA) is 104 Å². The molecule has 13 heteroatoms. The lowest BCUT2D eigenvalue weighted by atomic mass is 10.1. The molecule has 1 unspecified atom stereocenters. The molecule has 5 rings (SSSR count). The van der Waals surface area contributed by atoms with Gasteiger partial charge in [-0.15, -0.1) is 0 Å². The molecule has 1 aromatic heterocycles. The average Bonchev–Trinajstić information content (AvgIpc) is 2.92. The van der Waals surface area contributed by atoms with Gasteiger partial charge in [0.25, 0.3) is 0 Å². The van der Waals surface area contributed by atoms with Crippen molar-refractivity contribution >= 4 is 57.4 Å². The van der Waals surface area contributed by atoms with Gasteiger partial charge in [-0.05, 0) is 50.2 Å². The molecule has 0 bridgehead atoms. The number of rotatable bonds is 5. The van der Waals surface area contributed by atoms with Crippen molar-refractivity contribution in [2.24, 2.45) is 0 Å². The molecule has 42 heavy (non-hydrogen) atoms. The van der Waals surface area contributed by atoms with Crippen LogP contribution in [0.25, 0.3) is 10.9 Å². The number of aryl methyl sites for hydroxylation is 1. The van der Waals surface area contributed by atoms with Gasteiger partial charge in [-0.3, -0.25) is 4.79 Å². The minimum atomic E-state index is -1.42. The number of carbonyl (C=O) groups is 1. The van der Waals surface area contributed by atoms with Crippen LogP contribution in [0.5, 0.6) is 17.2 Å². The predicted molar refractivity (Wildman–Crippen MR) is 160 cm³/mol. The fourth-order valence-electron chi connectivity index (χ4n) is 4.56. The van der Waals surface area contributed by atoms with Crippen molar-refractivity contribution in [3.8, 4) is 17.2 Å². The summed E-state index contributed by atoms with van der Waals surface area (Å²) in [5.41, 5.74) is -1.63. The highest BCUT2D eigenvalue weighted by molar-refractivity contribution is 6.35. The smallest absolute Gasteiger partial charge is 0.341 e. The molecular weight excluding hydrogens is 615 g/mol. The highest BCUT2D eigenvalue weighted by Gasteiger charge is 2.27. The van der Waals surface area contributed by atoms with Crippen molar-refractivity contribution in [3.63, 3.8) is 0 Å². The molecule has 0 spiro atoms. The summed E-state index contributed by atoms with van der Waals surface area (Å²) in [4.78, 5) is 25.2. The maximum absolute atomic E-state index is 15.2. The molecule has 3 aromatic carbocycles. The lowest BCUT2D eigenvalue weighted by Gasteiger charge is -2.34. The minimum Gasteiger partial charge on any atom is -0.504 e. The van der Waals surface area contributed by atoms with Crippen LogP contribution in [0.3, 0.4) is 0 Å². The Kier molecular flexibility index (Phi) is 9.83. The molecule has 0 amide bonds. The molecule has 1 saturated heterocycles. The first-order valence-corrected chi connectivity index (χ1v) is 13.9. The van der Waals surface area contributed by atoms with Gasteiger partial charge in [0.05, 0.1) is 15.9 Å². The number of nitrogens with zero attached hydrogens (tertiary/aromatic N) is 2. The number of aromatic nitrogens is 1. The van der Waals surface area contributed by atoms with Crippen molar-refractivity contribution in [1.82, 2.24) is 9.88 Å². The number of hydrogen-bond donors (Lipinski definition) is 3. The van der Waals surface area contributed by atoms with Gasteiger partial charge in [0, 0.05) is 54.5 Å². The third kappa shape index (κ3) is 6.73. The summed E-state index contributed by atoms with van der Waals surface area (Å²) in [6, 6.07) is 10.4. The number of aromatic hydroxyl groups is 1. The summed E-state index contributed by atoms with van der Waals surface area (Å²) in [7, 11) is 0. The zero-order valence-electron chi connectivity index (χ0n) is 22.4. The van der Waals surface area contributed by atoms with E-state index in [-0.39, 0.29) is 40.7 Å². The number of fused-ring (bicyclic) bond motifs is 1. The standard InChI is InChI=1S/C17H19F2N3O3.C12H7Cl3O2/c1-3-21-8-11(17(24)25)16(23)10-6-12(18)15(13(19)14(10)21)22-5-4-20-9(2)7-22;13-7-1-3-11(9(15)5-7)17-12-4-2-8(14)6-10(12)16/h6,8-9,20H,3-5,7H2,1-2H3,(H,24,25);1-6,16H. The molecule has 0 radical (unpaired) electrons. The second-order valence-electron chi connectivity index (χ2n) is 9.47. The number of carboxylic acids is 1. The van der Waals surface area contributed by atoms with Crippen LogP contribution >= 0.6 is 34.8 Å². The summed E-state index contributed by atoms with van der Waals surface area (Å²) >= 11 is 17.4. The van der Waals surface area contributed by atoms with E-state index >= 15 is 4.39 Å². The molecule has 4 aromatic rings. The van der Waals surface area contributed by atoms with Gasteiger partial charge in [0.15, 0.2) is 17.3 Å². The summed E-state index contributed by atoms with van der Waals surface area (Å²) in [5.74, 6) is -2.48. The first-order chi connectivity index (χ1) is 19.9. The van der Waals surface area contributed by atoms with E-state index in [0.29, 0.717) is 40.5 Å². The molecule has 2 heterocycles. The van der Waals surface area contributed by atoms with E-state index < -0.39 is 28.6 Å². The van der Waals surface area contributed by atoms with E-state index in [4.69, 9.17) is 44.6 Å². The summed E-state index contributed by atoms with van der Waals surface area (Å²) in [6.45, 7) is 5.33. The Morgan fingerprint density at radius 2 is 1.76 bits per heavy atom. The molecule has 1 fully saturated rings. The number of nitrogens with one attached hydrogen (secondary N) is 1. The largest absolute Gasteiger partial charge is 0.504 e. The van der Waals surface area contributed by atoms with Crippen LogP contribution in [0.1, 0.15) is 24.2 Å². The van der Waals surface area contributed by atoms with E-state index in [2.05, 4.69) is 5.32 Å². The number of phenols is 1. The first kappa shape index (κ1) is 31.4. The van der Waals surface area contributed by atoms with Gasteiger partial charge < -0.3 is 29.7 Å². The number of ether oxygens (including phenoxy) is 1. The van der Waals surface area contributed by atoms with E-state index in [1.165, 1.54) is 10.6 Å². The third-order valence-electron chi connectivity index (χ3n) is 6.52.